The second kappa shape index (κ2) is 5.43. The average molecular weight is 206 g/mol. The molecule has 0 aliphatic carbocycles. The molecule has 0 spiro atoms. The largest absolute Gasteiger partial charge is 0.248 e. The minimum atomic E-state index is 0.441. The van der Waals surface area contributed by atoms with Crippen LogP contribution < -0.4 is 0 Å². The van der Waals surface area contributed by atoms with Crippen LogP contribution in [0.25, 0.3) is 0 Å². The molecule has 0 fully saturated rings. The van der Waals surface area contributed by atoms with Gasteiger partial charge in [0.15, 0.2) is 0 Å². The van der Waals surface area contributed by atoms with E-state index in [1.807, 2.05) is 16.4 Å². The minimum absolute atomic E-state index is 0.441. The fraction of sp³-hybridized carbons (Fsp3) is 0.714. The molecule has 1 heterocycles. The zero-order chi connectivity index (χ0) is 8.81. The third-order valence-electron chi connectivity index (χ3n) is 1.47. The molecule has 1 rings (SSSR count). The van der Waals surface area contributed by atoms with Crippen molar-refractivity contribution in [2.75, 3.05) is 11.5 Å². The molecule has 3 nitrogen and oxygen atoms in total. The lowest BCUT2D eigenvalue weighted by Crippen LogP contribution is -2.06. The third-order valence-corrected chi connectivity index (χ3v) is 2.59. The van der Waals surface area contributed by atoms with E-state index in [2.05, 4.69) is 17.0 Å². The first kappa shape index (κ1) is 9.86. The summed E-state index contributed by atoms with van der Waals surface area (Å²) in [6.45, 7) is 3.05. The van der Waals surface area contributed by atoms with Crippen LogP contribution >= 0.6 is 23.4 Å². The Morgan fingerprint density at radius 3 is 3.17 bits per heavy atom. The summed E-state index contributed by atoms with van der Waals surface area (Å²) in [7, 11) is 0. The van der Waals surface area contributed by atoms with Crippen LogP contribution in [0.5, 0.6) is 0 Å². The van der Waals surface area contributed by atoms with Gasteiger partial charge in [-0.1, -0.05) is 6.92 Å². The maximum absolute atomic E-state index is 5.66. The second-order valence-electron chi connectivity index (χ2n) is 2.23. The van der Waals surface area contributed by atoms with Crippen molar-refractivity contribution < 1.29 is 0 Å². The van der Waals surface area contributed by atoms with Crippen molar-refractivity contribution in [3.63, 3.8) is 0 Å². The number of halogens is 1. The quantitative estimate of drug-likeness (QED) is 0.542. The molecular formula is C7H12ClN3S. The van der Waals surface area contributed by atoms with E-state index in [9.17, 15) is 0 Å². The second-order valence-corrected chi connectivity index (χ2v) is 3.89. The van der Waals surface area contributed by atoms with E-state index in [4.69, 9.17) is 11.6 Å². The predicted octanol–water partition coefficient (Wildman–Crippen LogP) is 1.77. The minimum Gasteiger partial charge on any atom is -0.248 e. The van der Waals surface area contributed by atoms with Gasteiger partial charge in [-0.2, -0.15) is 16.9 Å². The summed E-state index contributed by atoms with van der Waals surface area (Å²) in [5.74, 6) is 3.51. The third kappa shape index (κ3) is 2.68. The van der Waals surface area contributed by atoms with Gasteiger partial charge in [0.05, 0.1) is 12.4 Å². The molecule has 5 heteroatoms. The number of rotatable bonds is 5. The van der Waals surface area contributed by atoms with Gasteiger partial charge in [0, 0.05) is 5.75 Å². The lowest BCUT2D eigenvalue weighted by Gasteiger charge is -2.01. The molecule has 0 bridgehead atoms. The highest BCUT2D eigenvalue weighted by atomic mass is 35.5. The molecule has 0 amide bonds. The van der Waals surface area contributed by atoms with Gasteiger partial charge in [-0.05, 0) is 5.75 Å². The Morgan fingerprint density at radius 1 is 1.67 bits per heavy atom. The highest BCUT2D eigenvalue weighted by Gasteiger charge is 2.00. The smallest absolute Gasteiger partial charge is 0.141 e. The molecule has 0 N–H and O–H groups in total. The SMILES string of the molecule is CCSCCn1ncnc1CCl. The Balaban J connectivity index is 2.39. The Bertz CT molecular complexity index is 226. The first-order valence-corrected chi connectivity index (χ1v) is 5.57. The molecule has 0 aliphatic rings. The van der Waals surface area contributed by atoms with E-state index in [1.54, 1.807) is 6.33 Å². The van der Waals surface area contributed by atoms with Crippen LogP contribution in [0.15, 0.2) is 6.33 Å². The van der Waals surface area contributed by atoms with Gasteiger partial charge in [-0.25, -0.2) is 9.67 Å². The van der Waals surface area contributed by atoms with Gasteiger partial charge < -0.3 is 0 Å². The summed E-state index contributed by atoms with van der Waals surface area (Å²) in [6.07, 6.45) is 1.55. The van der Waals surface area contributed by atoms with Crippen LogP contribution in [0.4, 0.5) is 0 Å². The topological polar surface area (TPSA) is 30.7 Å². The normalized spacial score (nSPS) is 10.5. The summed E-state index contributed by atoms with van der Waals surface area (Å²) in [5.41, 5.74) is 0. The molecule has 0 saturated heterocycles. The van der Waals surface area contributed by atoms with Crippen molar-refractivity contribution in [2.24, 2.45) is 0 Å². The predicted molar refractivity (Wildman–Crippen MR) is 52.6 cm³/mol. The fourth-order valence-electron chi connectivity index (χ4n) is 0.874. The number of nitrogens with zero attached hydrogens (tertiary/aromatic N) is 3. The zero-order valence-electron chi connectivity index (χ0n) is 7.03. The maximum Gasteiger partial charge on any atom is 0.141 e. The van der Waals surface area contributed by atoms with Gasteiger partial charge in [-0.15, -0.1) is 11.6 Å². The number of aryl methyl sites for hydroxylation is 1. The first-order chi connectivity index (χ1) is 5.88. The molecule has 0 radical (unpaired) electrons. The van der Waals surface area contributed by atoms with Gasteiger partial charge >= 0.3 is 0 Å². The first-order valence-electron chi connectivity index (χ1n) is 3.89. The molecule has 1 aromatic heterocycles. The summed E-state index contributed by atoms with van der Waals surface area (Å²) in [4.78, 5) is 4.02. The molecule has 68 valence electrons. The van der Waals surface area contributed by atoms with E-state index in [-0.39, 0.29) is 0 Å². The van der Waals surface area contributed by atoms with Crippen molar-refractivity contribution >= 4 is 23.4 Å². The Kier molecular flexibility index (Phi) is 4.46. The van der Waals surface area contributed by atoms with Gasteiger partial charge in [0.25, 0.3) is 0 Å². The zero-order valence-corrected chi connectivity index (χ0v) is 8.61. The average Bonchev–Trinajstić information content (AvgIpc) is 2.52. The molecule has 0 unspecified atom stereocenters. The molecule has 1 aromatic rings. The fourth-order valence-corrected chi connectivity index (χ4v) is 1.67. The number of alkyl halides is 1. The van der Waals surface area contributed by atoms with Crippen LogP contribution in [0, 0.1) is 0 Å². The van der Waals surface area contributed by atoms with Gasteiger partial charge in [0.2, 0.25) is 0 Å². The highest BCUT2D eigenvalue weighted by Crippen LogP contribution is 2.03. The molecular weight excluding hydrogens is 194 g/mol. The van der Waals surface area contributed by atoms with Crippen molar-refractivity contribution in [1.82, 2.24) is 14.8 Å². The van der Waals surface area contributed by atoms with Crippen LogP contribution in [-0.4, -0.2) is 26.3 Å². The van der Waals surface area contributed by atoms with Gasteiger partial charge in [0.1, 0.15) is 12.2 Å². The number of thioether (sulfide) groups is 1. The Labute approximate surface area is 81.5 Å². The Morgan fingerprint density at radius 2 is 2.50 bits per heavy atom. The standard InChI is InChI=1S/C7H12ClN3S/c1-2-12-4-3-11-7(5-8)9-6-10-11/h6H,2-5H2,1H3. The van der Waals surface area contributed by atoms with Crippen LogP contribution in [0.1, 0.15) is 12.7 Å². The number of hydrogen-bond donors (Lipinski definition) is 0. The van der Waals surface area contributed by atoms with Crippen molar-refractivity contribution in [3.05, 3.63) is 12.2 Å². The monoisotopic (exact) mass is 205 g/mol. The van der Waals surface area contributed by atoms with E-state index in [0.29, 0.717) is 5.88 Å². The van der Waals surface area contributed by atoms with Crippen molar-refractivity contribution in [3.8, 4) is 0 Å². The van der Waals surface area contributed by atoms with E-state index >= 15 is 0 Å². The lowest BCUT2D eigenvalue weighted by atomic mass is 10.6. The molecule has 0 aliphatic heterocycles. The van der Waals surface area contributed by atoms with E-state index in [1.165, 1.54) is 0 Å². The van der Waals surface area contributed by atoms with Crippen LogP contribution in [-0.2, 0) is 12.4 Å². The van der Waals surface area contributed by atoms with Crippen LogP contribution in [0.2, 0.25) is 0 Å². The molecule has 0 atom stereocenters. The van der Waals surface area contributed by atoms with E-state index < -0.39 is 0 Å². The molecule has 12 heavy (non-hydrogen) atoms. The van der Waals surface area contributed by atoms with E-state index in [0.717, 1.165) is 23.9 Å². The summed E-state index contributed by atoms with van der Waals surface area (Å²) < 4.78 is 1.86. The van der Waals surface area contributed by atoms with Gasteiger partial charge in [-0.3, -0.25) is 0 Å². The maximum atomic E-state index is 5.66. The van der Waals surface area contributed by atoms with Crippen LogP contribution in [0.3, 0.4) is 0 Å². The van der Waals surface area contributed by atoms with Crippen molar-refractivity contribution in [1.29, 1.82) is 0 Å². The highest BCUT2D eigenvalue weighted by molar-refractivity contribution is 7.99. The summed E-state index contributed by atoms with van der Waals surface area (Å²) >= 11 is 7.55. The Hall–Kier alpha value is -0.220. The number of aromatic nitrogens is 3. The molecule has 0 saturated carbocycles. The molecule has 0 aromatic carbocycles. The van der Waals surface area contributed by atoms with Crippen molar-refractivity contribution in [2.45, 2.75) is 19.3 Å². The summed E-state index contributed by atoms with van der Waals surface area (Å²) in [6, 6.07) is 0. The lowest BCUT2D eigenvalue weighted by molar-refractivity contribution is 0.638. The number of hydrogen-bond acceptors (Lipinski definition) is 3. The summed E-state index contributed by atoms with van der Waals surface area (Å²) in [5, 5.41) is 4.07.